The number of carboxylic acid groups (broad SMARTS) is 1. The van der Waals surface area contributed by atoms with Crippen LogP contribution >= 0.6 is 0 Å². The van der Waals surface area contributed by atoms with Gasteiger partial charge in [0.25, 0.3) is 0 Å². The van der Waals surface area contributed by atoms with E-state index in [1.165, 1.54) is 12.1 Å². The topological polar surface area (TPSA) is 58.6 Å². The van der Waals surface area contributed by atoms with Crippen LogP contribution in [0.5, 0.6) is 5.75 Å². The van der Waals surface area contributed by atoms with Crippen molar-refractivity contribution >= 4 is 11.7 Å². The first-order valence-corrected chi connectivity index (χ1v) is 6.58. The molecule has 0 atom stereocenters. The van der Waals surface area contributed by atoms with E-state index in [0.29, 0.717) is 18.8 Å². The largest absolute Gasteiger partial charge is 0.491 e. The molecule has 0 aliphatic carbocycles. The highest BCUT2D eigenvalue weighted by atomic mass is 19.1. The second-order valence-electron chi connectivity index (χ2n) is 4.44. The van der Waals surface area contributed by atoms with Crippen LogP contribution in [0.4, 0.5) is 10.1 Å². The van der Waals surface area contributed by atoms with Crippen molar-refractivity contribution in [1.29, 1.82) is 0 Å². The Morgan fingerprint density at radius 2 is 2.10 bits per heavy atom. The smallest absolute Gasteiger partial charge is 0.335 e. The molecule has 0 radical (unpaired) electrons. The minimum atomic E-state index is -0.969. The second-order valence-corrected chi connectivity index (χ2v) is 4.44. The zero-order valence-corrected chi connectivity index (χ0v) is 11.6. The van der Waals surface area contributed by atoms with Gasteiger partial charge in [-0.1, -0.05) is 12.1 Å². The van der Waals surface area contributed by atoms with E-state index in [2.05, 4.69) is 5.32 Å². The Balaban J connectivity index is 2.04. The molecule has 0 amide bonds. The number of anilines is 1. The molecule has 0 aromatic heterocycles. The Bertz CT molecular complexity index is 643. The van der Waals surface area contributed by atoms with Gasteiger partial charge in [0.15, 0.2) is 11.6 Å². The van der Waals surface area contributed by atoms with E-state index in [1.54, 1.807) is 31.2 Å². The standard InChI is InChI=1S/C16H16FNO3/c1-2-21-15-7-6-13(9-14(15)17)18-10-11-4-3-5-12(8-11)16(19)20/h3-9,18H,2,10H2,1H3,(H,19,20). The Hall–Kier alpha value is -2.56. The first-order chi connectivity index (χ1) is 10.1. The molecule has 0 unspecified atom stereocenters. The number of carbonyl (C=O) groups is 1. The van der Waals surface area contributed by atoms with E-state index < -0.39 is 11.8 Å². The average molecular weight is 289 g/mol. The third-order valence-corrected chi connectivity index (χ3v) is 2.90. The van der Waals surface area contributed by atoms with Crippen LogP contribution in [0.15, 0.2) is 42.5 Å². The summed E-state index contributed by atoms with van der Waals surface area (Å²) in [6, 6.07) is 11.2. The maximum Gasteiger partial charge on any atom is 0.335 e. The van der Waals surface area contributed by atoms with Crippen molar-refractivity contribution in [3.8, 4) is 5.75 Å². The fourth-order valence-corrected chi connectivity index (χ4v) is 1.90. The Labute approximate surface area is 122 Å². The predicted molar refractivity (Wildman–Crippen MR) is 78.3 cm³/mol. The lowest BCUT2D eigenvalue weighted by molar-refractivity contribution is 0.0696. The lowest BCUT2D eigenvalue weighted by Crippen LogP contribution is -2.03. The van der Waals surface area contributed by atoms with Crippen molar-refractivity contribution in [2.45, 2.75) is 13.5 Å². The Morgan fingerprint density at radius 1 is 1.29 bits per heavy atom. The fourth-order valence-electron chi connectivity index (χ4n) is 1.90. The number of aromatic carboxylic acids is 1. The Kier molecular flexibility index (Phi) is 4.77. The molecule has 4 nitrogen and oxygen atoms in total. The third kappa shape index (κ3) is 3.95. The molecular formula is C16H16FNO3. The predicted octanol–water partition coefficient (Wildman–Crippen LogP) is 3.53. The van der Waals surface area contributed by atoms with E-state index in [4.69, 9.17) is 9.84 Å². The van der Waals surface area contributed by atoms with Crippen LogP contribution in [0.2, 0.25) is 0 Å². The maximum absolute atomic E-state index is 13.7. The van der Waals surface area contributed by atoms with Gasteiger partial charge in [-0.3, -0.25) is 0 Å². The van der Waals surface area contributed by atoms with Crippen LogP contribution in [0.3, 0.4) is 0 Å². The van der Waals surface area contributed by atoms with Gasteiger partial charge < -0.3 is 15.2 Å². The maximum atomic E-state index is 13.7. The van der Waals surface area contributed by atoms with Crippen LogP contribution < -0.4 is 10.1 Å². The molecule has 5 heteroatoms. The van der Waals surface area contributed by atoms with Crippen LogP contribution in [-0.4, -0.2) is 17.7 Å². The first kappa shape index (κ1) is 14.8. The molecule has 2 aromatic rings. The molecule has 2 N–H and O–H groups in total. The lowest BCUT2D eigenvalue weighted by Gasteiger charge is -2.09. The van der Waals surface area contributed by atoms with Gasteiger partial charge >= 0.3 is 5.97 Å². The summed E-state index contributed by atoms with van der Waals surface area (Å²) in [5.74, 6) is -1.18. The summed E-state index contributed by atoms with van der Waals surface area (Å²) in [5.41, 5.74) is 1.65. The average Bonchev–Trinajstić information content (AvgIpc) is 2.48. The van der Waals surface area contributed by atoms with Crippen molar-refractivity contribution in [1.82, 2.24) is 0 Å². The fraction of sp³-hybridized carbons (Fsp3) is 0.188. The van der Waals surface area contributed by atoms with Crippen LogP contribution in [-0.2, 0) is 6.54 Å². The number of benzene rings is 2. The number of nitrogens with one attached hydrogen (secondary N) is 1. The van der Waals surface area contributed by atoms with Gasteiger partial charge in [0.2, 0.25) is 0 Å². The number of hydrogen-bond donors (Lipinski definition) is 2. The zero-order valence-electron chi connectivity index (χ0n) is 11.6. The molecule has 0 aliphatic rings. The molecule has 0 heterocycles. The molecular weight excluding hydrogens is 273 g/mol. The van der Waals surface area contributed by atoms with Gasteiger partial charge in [-0.25, -0.2) is 9.18 Å². The van der Waals surface area contributed by atoms with Crippen molar-refractivity contribution in [3.63, 3.8) is 0 Å². The molecule has 0 saturated heterocycles. The van der Waals surface area contributed by atoms with Crippen LogP contribution in [0.1, 0.15) is 22.8 Å². The molecule has 110 valence electrons. The van der Waals surface area contributed by atoms with Gasteiger partial charge in [-0.2, -0.15) is 0 Å². The summed E-state index contributed by atoms with van der Waals surface area (Å²) >= 11 is 0. The summed E-state index contributed by atoms with van der Waals surface area (Å²) in [7, 11) is 0. The zero-order chi connectivity index (χ0) is 15.2. The lowest BCUT2D eigenvalue weighted by atomic mass is 10.1. The van der Waals surface area contributed by atoms with Gasteiger partial charge in [-0.15, -0.1) is 0 Å². The number of halogens is 1. The van der Waals surface area contributed by atoms with Crippen molar-refractivity contribution in [3.05, 3.63) is 59.4 Å². The van der Waals surface area contributed by atoms with E-state index in [-0.39, 0.29) is 11.3 Å². The van der Waals surface area contributed by atoms with Crippen LogP contribution in [0, 0.1) is 5.82 Å². The quantitative estimate of drug-likeness (QED) is 0.854. The second kappa shape index (κ2) is 6.74. The first-order valence-electron chi connectivity index (χ1n) is 6.58. The monoisotopic (exact) mass is 289 g/mol. The number of rotatable bonds is 6. The Morgan fingerprint density at radius 3 is 2.76 bits per heavy atom. The van der Waals surface area contributed by atoms with E-state index >= 15 is 0 Å². The molecule has 0 spiro atoms. The number of hydrogen-bond acceptors (Lipinski definition) is 3. The minimum absolute atomic E-state index is 0.218. The summed E-state index contributed by atoms with van der Waals surface area (Å²) in [6.45, 7) is 2.61. The summed E-state index contributed by atoms with van der Waals surface area (Å²) in [5, 5.41) is 12.0. The third-order valence-electron chi connectivity index (χ3n) is 2.90. The molecule has 0 saturated carbocycles. The molecule has 0 aliphatic heterocycles. The van der Waals surface area contributed by atoms with Crippen molar-refractivity contribution in [2.24, 2.45) is 0 Å². The molecule has 2 aromatic carbocycles. The molecule has 0 bridgehead atoms. The molecule has 0 fully saturated rings. The SMILES string of the molecule is CCOc1ccc(NCc2cccc(C(=O)O)c2)cc1F. The van der Waals surface area contributed by atoms with E-state index in [1.807, 2.05) is 6.07 Å². The number of ether oxygens (including phenoxy) is 1. The highest BCUT2D eigenvalue weighted by Crippen LogP contribution is 2.21. The number of carboxylic acids is 1. The summed E-state index contributed by atoms with van der Waals surface area (Å²) in [6.07, 6.45) is 0. The van der Waals surface area contributed by atoms with Gasteiger partial charge in [0, 0.05) is 18.3 Å². The molecule has 2 rings (SSSR count). The van der Waals surface area contributed by atoms with Gasteiger partial charge in [-0.05, 0) is 36.8 Å². The van der Waals surface area contributed by atoms with E-state index in [9.17, 15) is 9.18 Å². The van der Waals surface area contributed by atoms with Gasteiger partial charge in [0.1, 0.15) is 0 Å². The normalized spacial score (nSPS) is 10.2. The summed E-state index contributed by atoms with van der Waals surface area (Å²) < 4.78 is 18.8. The minimum Gasteiger partial charge on any atom is -0.491 e. The summed E-state index contributed by atoms with van der Waals surface area (Å²) in [4.78, 5) is 10.9. The van der Waals surface area contributed by atoms with E-state index in [0.717, 1.165) is 5.56 Å². The molecule has 21 heavy (non-hydrogen) atoms. The van der Waals surface area contributed by atoms with Crippen molar-refractivity contribution in [2.75, 3.05) is 11.9 Å². The highest BCUT2D eigenvalue weighted by Gasteiger charge is 2.05. The van der Waals surface area contributed by atoms with Crippen molar-refractivity contribution < 1.29 is 19.0 Å². The van der Waals surface area contributed by atoms with Gasteiger partial charge in [0.05, 0.1) is 12.2 Å². The highest BCUT2D eigenvalue weighted by molar-refractivity contribution is 5.87. The van der Waals surface area contributed by atoms with Crippen LogP contribution in [0.25, 0.3) is 0 Å².